The fourth-order valence-electron chi connectivity index (χ4n) is 3.18. The predicted molar refractivity (Wildman–Crippen MR) is 141 cm³/mol. The zero-order chi connectivity index (χ0) is 40.4. The Labute approximate surface area is 242 Å². The van der Waals surface area contributed by atoms with Crippen molar-refractivity contribution in [1.82, 2.24) is 24.5 Å². The monoisotopic (exact) mass is 544 g/mol. The average Bonchev–Trinajstić information content (AvgIpc) is 3.35. The van der Waals surface area contributed by atoms with Crippen molar-refractivity contribution >= 4 is 23.2 Å². The van der Waals surface area contributed by atoms with Crippen molar-refractivity contribution in [3.63, 3.8) is 0 Å². The van der Waals surface area contributed by atoms with E-state index in [1.807, 2.05) is 0 Å². The second-order valence-electron chi connectivity index (χ2n) is 7.58. The Morgan fingerprint density at radius 1 is 1.13 bits per heavy atom. The van der Waals surface area contributed by atoms with Crippen LogP contribution in [0.4, 0.5) is 30.5 Å². The van der Waals surface area contributed by atoms with Gasteiger partial charge in [-0.25, -0.2) is 15.0 Å². The first kappa shape index (κ1) is 13.1. The number of amides is 1. The molecule has 39 heavy (non-hydrogen) atoms. The van der Waals surface area contributed by atoms with Crippen LogP contribution in [0, 0.1) is 13.7 Å². The highest BCUT2D eigenvalue weighted by Gasteiger charge is 2.31. The first-order valence-corrected chi connectivity index (χ1v) is 10.6. The van der Waals surface area contributed by atoms with Crippen molar-refractivity contribution in [3.05, 3.63) is 108 Å². The zero-order valence-corrected chi connectivity index (χ0v) is 19.2. The van der Waals surface area contributed by atoms with Crippen LogP contribution in [0.5, 0.6) is 0 Å². The van der Waals surface area contributed by atoms with Crippen molar-refractivity contribution in [2.24, 2.45) is 0 Å². The van der Waals surface area contributed by atoms with Crippen LogP contribution >= 0.6 is 0 Å². The number of benzene rings is 2. The number of carbonyl (C=O) groups excluding carboxylic acids is 1. The van der Waals surface area contributed by atoms with Gasteiger partial charge in [0.1, 0.15) is 1.37 Å². The fourth-order valence-corrected chi connectivity index (χ4v) is 3.18. The molecule has 0 bridgehead atoms. The molecule has 0 unspecified atom stereocenters. The number of nitrogens with one attached hydrogen (secondary N) is 2. The number of halogens is 3. The number of pyridine rings is 1. The third-order valence-electron chi connectivity index (χ3n) is 4.90. The molecule has 0 aliphatic heterocycles. The summed E-state index contributed by atoms with van der Waals surface area (Å²) in [5.74, 6) is -2.00. The van der Waals surface area contributed by atoms with Gasteiger partial charge in [-0.1, -0.05) is 6.04 Å². The molecule has 196 valence electrons. The molecule has 0 radical (unpaired) electrons. The van der Waals surface area contributed by atoms with Gasteiger partial charge >= 0.3 is 6.18 Å². The quantitative estimate of drug-likeness (QED) is 0.258. The van der Waals surface area contributed by atoms with Crippen LogP contribution in [-0.2, 0) is 6.18 Å². The topological polar surface area (TPSA) is 97.6 Å². The van der Waals surface area contributed by atoms with Crippen molar-refractivity contribution in [1.29, 1.82) is 0 Å². The lowest BCUT2D eigenvalue weighted by molar-refractivity contribution is -0.137. The van der Waals surface area contributed by atoms with Crippen LogP contribution in [0.15, 0.2) is 85.5 Å². The van der Waals surface area contributed by atoms with E-state index in [4.69, 9.17) is 20.6 Å². The number of hydrogen-bond acceptors (Lipinski definition) is 6. The maximum absolute atomic E-state index is 14.0. The maximum Gasteiger partial charge on any atom is 0.416 e. The van der Waals surface area contributed by atoms with Crippen LogP contribution in [-0.4, -0.2) is 30.4 Å². The van der Waals surface area contributed by atoms with E-state index in [-0.39, 0.29) is 11.3 Å². The van der Waals surface area contributed by atoms with E-state index in [2.05, 4.69) is 30.6 Å². The van der Waals surface area contributed by atoms with Crippen molar-refractivity contribution < 1.29 is 38.5 Å². The third-order valence-corrected chi connectivity index (χ3v) is 4.90. The molecule has 0 aliphatic rings. The Balaban J connectivity index is 1.63. The molecule has 0 spiro atoms. The Kier molecular flexibility index (Phi) is 3.49. The van der Waals surface area contributed by atoms with Gasteiger partial charge in [0.2, 0.25) is 5.95 Å². The lowest BCUT2D eigenvalue weighted by atomic mass is 10.1. The zero-order valence-electron chi connectivity index (χ0n) is 34.2. The van der Waals surface area contributed by atoms with Gasteiger partial charge in [-0.15, -0.1) is 0 Å². The van der Waals surface area contributed by atoms with E-state index in [9.17, 15) is 18.0 Å². The van der Waals surface area contributed by atoms with Gasteiger partial charge in [0.25, 0.3) is 5.91 Å². The molecule has 1 amide bonds. The number of aromatic nitrogens is 5. The molecule has 0 fully saturated rings. The van der Waals surface area contributed by atoms with E-state index >= 15 is 0 Å². The van der Waals surface area contributed by atoms with Gasteiger partial charge in [0.15, 0.2) is 0 Å². The number of alkyl halides is 3. The molecule has 3 aromatic heterocycles. The summed E-state index contributed by atoms with van der Waals surface area (Å²) < 4.78 is 163. The van der Waals surface area contributed by atoms with E-state index in [1.54, 1.807) is 0 Å². The average molecular weight is 545 g/mol. The third kappa shape index (κ3) is 5.93. The van der Waals surface area contributed by atoms with E-state index in [1.165, 1.54) is 6.07 Å². The maximum atomic E-state index is 14.0. The van der Waals surface area contributed by atoms with Crippen LogP contribution < -0.4 is 10.6 Å². The summed E-state index contributed by atoms with van der Waals surface area (Å²) in [5, 5.41) is 4.47. The minimum atomic E-state index is -5.10. The number of aryl methyl sites for hydroxylation is 1. The molecule has 2 N–H and O–H groups in total. The summed E-state index contributed by atoms with van der Waals surface area (Å²) in [6, 6.07) is -1.58. The highest BCUT2D eigenvalue weighted by Crippen LogP contribution is 2.33. The Hall–Kier alpha value is -5.06. The van der Waals surface area contributed by atoms with E-state index in [0.717, 1.165) is 12.3 Å². The molecule has 2 aromatic carbocycles. The Morgan fingerprint density at radius 3 is 2.82 bits per heavy atom. The summed E-state index contributed by atoms with van der Waals surface area (Å²) in [6.45, 7) is -6.23. The van der Waals surface area contributed by atoms with Crippen LogP contribution in [0.3, 0.4) is 0 Å². The predicted octanol–water partition coefficient (Wildman–Crippen LogP) is 6.36. The summed E-state index contributed by atoms with van der Waals surface area (Å²) in [7, 11) is 0. The minimum absolute atomic E-state index is 0.206. The standard InChI is InChI=1S/C28H22F3N7O/c1-17-5-6-19(10-25(17)37-27-33-9-7-24(36-27)20-4-3-8-32-14-20)26(39)35-22-11-21(28(29,30)31)12-23(13-22)38-15-18(2)34-16-38/h3-16H,1-2H3,(H,35,39)(H,33,36,37)/i1D3,2D3,3D,4D,5D,6D,8D,10D,14D,15D,16D. The normalized spacial score (nSPS) is 17.5. The fraction of sp³-hybridized carbons (Fsp3) is 0.107. The molecule has 0 atom stereocenters. The van der Waals surface area contributed by atoms with Gasteiger partial charge in [0.05, 0.1) is 34.2 Å². The Bertz CT molecular complexity index is 2340. The van der Waals surface area contributed by atoms with Crippen molar-refractivity contribution in [3.8, 4) is 16.9 Å². The summed E-state index contributed by atoms with van der Waals surface area (Å²) >= 11 is 0. The largest absolute Gasteiger partial charge is 0.416 e. The summed E-state index contributed by atoms with van der Waals surface area (Å²) in [5.41, 5.74) is -6.90. The number of hydrogen-bond donors (Lipinski definition) is 2. The minimum Gasteiger partial charge on any atom is -0.324 e. The first-order chi connectivity index (χ1) is 24.8. The van der Waals surface area contributed by atoms with Gasteiger partial charge in [-0.3, -0.25) is 9.78 Å². The first-order valence-electron chi connectivity index (χ1n) is 18.1. The van der Waals surface area contributed by atoms with E-state index < -0.39 is 126 Å². The highest BCUT2D eigenvalue weighted by molar-refractivity contribution is 6.05. The van der Waals surface area contributed by atoms with Crippen LogP contribution in [0.2, 0.25) is 0 Å². The molecule has 3 heterocycles. The SMILES string of the molecule is [2H]c1nc([2H])c(-c2ccnc(Nc3c([2H])c(C(=O)Nc4cc(-n5c([2H])nc(C([2H])([2H])[2H])c5[2H])cc(C(F)(F)F)c4)c([2H])c([2H])c3C([2H])([2H])[2H])n2)c([2H])c1[2H]. The number of carbonyl (C=O) groups is 1. The number of nitrogens with zero attached hydrogens (tertiary/aromatic N) is 5. The molecular formula is C28H22F3N7O. The molecular weight excluding hydrogens is 507 g/mol. The highest BCUT2D eigenvalue weighted by atomic mass is 19.4. The van der Waals surface area contributed by atoms with Gasteiger partial charge < -0.3 is 15.2 Å². The second-order valence-corrected chi connectivity index (χ2v) is 7.58. The van der Waals surface area contributed by atoms with Crippen molar-refractivity contribution in [2.45, 2.75) is 19.9 Å². The van der Waals surface area contributed by atoms with Gasteiger partial charge in [-0.2, -0.15) is 13.2 Å². The number of imidazole rings is 1. The summed E-state index contributed by atoms with van der Waals surface area (Å²) in [6.07, 6.45) is -7.15. The molecule has 0 aliphatic carbocycles. The molecule has 5 aromatic rings. The molecule has 0 saturated carbocycles. The number of anilines is 3. The lowest BCUT2D eigenvalue weighted by Crippen LogP contribution is -2.14. The lowest BCUT2D eigenvalue weighted by Gasteiger charge is -2.14. The molecule has 0 saturated heterocycles. The molecule has 5 rings (SSSR count). The van der Waals surface area contributed by atoms with Gasteiger partial charge in [-0.05, 0) is 67.7 Å². The smallest absolute Gasteiger partial charge is 0.324 e. The second kappa shape index (κ2) is 10.4. The molecule has 11 heteroatoms. The van der Waals surface area contributed by atoms with Crippen LogP contribution in [0.1, 0.15) is 47.7 Å². The van der Waals surface area contributed by atoms with E-state index in [0.29, 0.717) is 16.7 Å². The van der Waals surface area contributed by atoms with Gasteiger partial charge in [0, 0.05) is 61.1 Å². The summed E-state index contributed by atoms with van der Waals surface area (Å²) in [4.78, 5) is 28.7. The molecule has 8 nitrogen and oxygen atoms in total. The number of rotatable bonds is 6. The van der Waals surface area contributed by atoms with Crippen molar-refractivity contribution in [2.75, 3.05) is 10.6 Å². The van der Waals surface area contributed by atoms with Crippen LogP contribution in [0.25, 0.3) is 16.9 Å². The Morgan fingerprint density at radius 2 is 2.03 bits per heavy atom.